The lowest BCUT2D eigenvalue weighted by Crippen LogP contribution is -2.38. The lowest BCUT2D eigenvalue weighted by atomic mass is 9.92. The number of carbonyl (C=O) groups excluding carboxylic acids is 3. The molecule has 256 valence electrons. The van der Waals surface area contributed by atoms with Crippen LogP contribution < -0.4 is 0 Å². The number of rotatable bonds is 24. The van der Waals surface area contributed by atoms with Gasteiger partial charge in [0.25, 0.3) is 0 Å². The molecule has 0 saturated heterocycles. The Labute approximate surface area is 267 Å². The number of hydrogen-bond acceptors (Lipinski definition) is 8. The van der Waals surface area contributed by atoms with Gasteiger partial charge in [0.2, 0.25) is 11.9 Å². The van der Waals surface area contributed by atoms with Crippen LogP contribution in [0, 0.1) is 35.5 Å². The van der Waals surface area contributed by atoms with Crippen LogP contribution in [0.3, 0.4) is 0 Å². The fraction of sp³-hybridized carbons (Fsp3) is 0.861. The van der Waals surface area contributed by atoms with Gasteiger partial charge in [0.05, 0.1) is 0 Å². The normalized spacial score (nSPS) is 18.7. The highest BCUT2D eigenvalue weighted by Gasteiger charge is 2.42. The van der Waals surface area contributed by atoms with E-state index in [0.29, 0.717) is 11.8 Å². The molecule has 0 aromatic carbocycles. The van der Waals surface area contributed by atoms with Gasteiger partial charge in [0.15, 0.2) is 11.9 Å². The van der Waals surface area contributed by atoms with Gasteiger partial charge in [-0.2, -0.15) is 0 Å². The molecule has 44 heavy (non-hydrogen) atoms. The van der Waals surface area contributed by atoms with Crippen LogP contribution in [0.15, 0.2) is 11.5 Å². The maximum atomic E-state index is 12.8. The molecule has 6 atom stereocenters. The summed E-state index contributed by atoms with van der Waals surface area (Å²) in [5.74, 6) is -0.746. The maximum absolute atomic E-state index is 12.8. The van der Waals surface area contributed by atoms with Crippen LogP contribution in [0.1, 0.15) is 145 Å². The van der Waals surface area contributed by atoms with Gasteiger partial charge in [-0.05, 0) is 35.5 Å². The molecular weight excluding hydrogens is 560 g/mol. The van der Waals surface area contributed by atoms with Crippen LogP contribution >= 0.6 is 0 Å². The molecule has 1 aliphatic heterocycles. The molecule has 1 heterocycles. The number of cyclic esters (lactones) is 1. The van der Waals surface area contributed by atoms with Crippen molar-refractivity contribution in [3.8, 4) is 0 Å². The van der Waals surface area contributed by atoms with Gasteiger partial charge >= 0.3 is 17.9 Å². The molecule has 0 fully saturated rings. The number of ether oxygens (including phenoxy) is 3. The van der Waals surface area contributed by atoms with Crippen molar-refractivity contribution in [2.75, 3.05) is 6.61 Å². The number of aliphatic hydroxyl groups is 2. The molecule has 0 spiro atoms. The van der Waals surface area contributed by atoms with Crippen LogP contribution in [0.4, 0.5) is 0 Å². The second-order valence-corrected chi connectivity index (χ2v) is 14.6. The highest BCUT2D eigenvalue weighted by Crippen LogP contribution is 2.26. The van der Waals surface area contributed by atoms with Gasteiger partial charge in [-0.1, -0.05) is 132 Å². The first-order chi connectivity index (χ1) is 20.7. The summed E-state index contributed by atoms with van der Waals surface area (Å²) in [4.78, 5) is 37.3. The van der Waals surface area contributed by atoms with Crippen molar-refractivity contribution in [3.05, 3.63) is 11.5 Å². The highest BCUT2D eigenvalue weighted by molar-refractivity contribution is 5.89. The van der Waals surface area contributed by atoms with E-state index >= 15 is 0 Å². The minimum Gasteiger partial charge on any atom is -0.505 e. The molecule has 0 aromatic rings. The monoisotopic (exact) mass is 624 g/mol. The minimum absolute atomic E-state index is 0.0796. The quantitative estimate of drug-likeness (QED) is 0.0806. The molecule has 0 aromatic heterocycles. The Kier molecular flexibility index (Phi) is 19.4. The number of carbonyl (C=O) groups is 3. The Balaban J connectivity index is 2.53. The van der Waals surface area contributed by atoms with Gasteiger partial charge < -0.3 is 24.4 Å². The van der Waals surface area contributed by atoms with E-state index in [1.807, 2.05) is 13.8 Å². The minimum atomic E-state index is -1.42. The summed E-state index contributed by atoms with van der Waals surface area (Å²) in [6.45, 7) is 17.2. The molecule has 0 saturated carbocycles. The third-order valence-corrected chi connectivity index (χ3v) is 8.74. The molecule has 1 rings (SSSR count). The van der Waals surface area contributed by atoms with E-state index in [1.54, 1.807) is 0 Å². The summed E-state index contributed by atoms with van der Waals surface area (Å²) in [5.41, 5.74) is 0. The molecule has 0 aliphatic carbocycles. The molecule has 0 radical (unpaired) electrons. The SMILES string of the molecule is CC(C)CCCC(C)CCCC(C)CC(=O)OC[C@@H](OC(=O)CC(C)CCCC(C)CCCC(C)C)C1OC(=O)C(O)=C1O. The first-order valence-corrected chi connectivity index (χ1v) is 17.4. The van der Waals surface area contributed by atoms with Gasteiger partial charge in [-0.3, -0.25) is 9.59 Å². The molecule has 1 aliphatic rings. The predicted molar refractivity (Wildman–Crippen MR) is 174 cm³/mol. The molecule has 0 amide bonds. The molecule has 8 heteroatoms. The fourth-order valence-corrected chi connectivity index (χ4v) is 5.79. The van der Waals surface area contributed by atoms with Gasteiger partial charge in [0.1, 0.15) is 6.61 Å². The second kappa shape index (κ2) is 21.5. The van der Waals surface area contributed by atoms with Gasteiger partial charge in [-0.25, -0.2) is 4.79 Å². The van der Waals surface area contributed by atoms with E-state index in [1.165, 1.54) is 38.5 Å². The average molecular weight is 625 g/mol. The summed E-state index contributed by atoms with van der Waals surface area (Å²) in [7, 11) is 0. The van der Waals surface area contributed by atoms with E-state index in [-0.39, 0.29) is 31.3 Å². The van der Waals surface area contributed by atoms with E-state index in [2.05, 4.69) is 41.5 Å². The number of hydrogen-bond donors (Lipinski definition) is 2. The Morgan fingerprint density at radius 2 is 1.07 bits per heavy atom. The van der Waals surface area contributed by atoms with E-state index < -0.39 is 41.6 Å². The smallest absolute Gasteiger partial charge is 0.378 e. The second-order valence-electron chi connectivity index (χ2n) is 14.6. The van der Waals surface area contributed by atoms with Crippen molar-refractivity contribution >= 4 is 17.9 Å². The van der Waals surface area contributed by atoms with Crippen molar-refractivity contribution in [3.63, 3.8) is 0 Å². The molecule has 8 nitrogen and oxygen atoms in total. The average Bonchev–Trinajstić information content (AvgIpc) is 3.17. The Morgan fingerprint density at radius 3 is 1.48 bits per heavy atom. The van der Waals surface area contributed by atoms with Crippen LogP contribution in [0.2, 0.25) is 0 Å². The van der Waals surface area contributed by atoms with Crippen molar-refractivity contribution in [1.82, 2.24) is 0 Å². The Hall–Kier alpha value is -2.25. The van der Waals surface area contributed by atoms with Crippen molar-refractivity contribution in [2.45, 2.75) is 157 Å². The first kappa shape index (κ1) is 39.8. The highest BCUT2D eigenvalue weighted by atomic mass is 16.6. The van der Waals surface area contributed by atoms with Gasteiger partial charge in [-0.15, -0.1) is 0 Å². The zero-order valence-electron chi connectivity index (χ0n) is 29.1. The third-order valence-electron chi connectivity index (χ3n) is 8.74. The summed E-state index contributed by atoms with van der Waals surface area (Å²) in [6.07, 6.45) is 11.2. The summed E-state index contributed by atoms with van der Waals surface area (Å²) >= 11 is 0. The van der Waals surface area contributed by atoms with Crippen LogP contribution in [-0.2, 0) is 28.6 Å². The molecule has 2 N–H and O–H groups in total. The van der Waals surface area contributed by atoms with E-state index in [9.17, 15) is 24.6 Å². The van der Waals surface area contributed by atoms with Crippen LogP contribution in [0.5, 0.6) is 0 Å². The van der Waals surface area contributed by atoms with E-state index in [0.717, 1.165) is 50.4 Å². The molecular formula is C36H64O8. The van der Waals surface area contributed by atoms with Crippen LogP contribution in [0.25, 0.3) is 0 Å². The van der Waals surface area contributed by atoms with Crippen molar-refractivity contribution in [1.29, 1.82) is 0 Å². The zero-order valence-corrected chi connectivity index (χ0v) is 29.1. The Bertz CT molecular complexity index is 879. The first-order valence-electron chi connectivity index (χ1n) is 17.4. The lowest BCUT2D eigenvalue weighted by Gasteiger charge is -2.24. The standard InChI is InChI=1S/C36H64O8/c1-24(2)13-9-15-26(5)17-11-19-28(7)21-31(37)42-23-30(35-33(39)34(40)36(41)44-35)43-32(38)22-29(8)20-12-18-27(6)16-10-14-25(3)4/h24-30,35,39-40H,9-23H2,1-8H3/t26?,27?,28?,29?,30-,35?/m1/s1. The molecule has 0 bridgehead atoms. The summed E-state index contributed by atoms with van der Waals surface area (Å²) in [5, 5.41) is 20.0. The topological polar surface area (TPSA) is 119 Å². The summed E-state index contributed by atoms with van der Waals surface area (Å²) < 4.78 is 16.0. The maximum Gasteiger partial charge on any atom is 0.378 e. The zero-order chi connectivity index (χ0) is 33.2. The summed E-state index contributed by atoms with van der Waals surface area (Å²) in [6, 6.07) is 0. The Morgan fingerprint density at radius 1 is 0.659 bits per heavy atom. The fourth-order valence-electron chi connectivity index (χ4n) is 5.79. The van der Waals surface area contributed by atoms with Crippen molar-refractivity contribution in [2.24, 2.45) is 35.5 Å². The predicted octanol–water partition coefficient (Wildman–Crippen LogP) is 9.01. The van der Waals surface area contributed by atoms with E-state index in [4.69, 9.17) is 14.2 Å². The number of aliphatic hydroxyl groups excluding tert-OH is 2. The molecule has 5 unspecified atom stereocenters. The van der Waals surface area contributed by atoms with Gasteiger partial charge in [0, 0.05) is 12.8 Å². The van der Waals surface area contributed by atoms with Crippen molar-refractivity contribution < 1.29 is 38.8 Å². The van der Waals surface area contributed by atoms with Crippen LogP contribution in [-0.4, -0.2) is 46.9 Å². The lowest BCUT2D eigenvalue weighted by molar-refractivity contribution is -0.171. The number of esters is 3. The third kappa shape index (κ3) is 17.3. The largest absolute Gasteiger partial charge is 0.505 e.